The summed E-state index contributed by atoms with van der Waals surface area (Å²) in [5.41, 5.74) is -0.133. The van der Waals surface area contributed by atoms with Gasteiger partial charge in [0.15, 0.2) is 0 Å². The van der Waals surface area contributed by atoms with Crippen LogP contribution in [0, 0.1) is 23.2 Å². The van der Waals surface area contributed by atoms with Gasteiger partial charge in [-0.25, -0.2) is 0 Å². The number of carbonyl (C=O) groups excluding carboxylic acids is 2. The van der Waals surface area contributed by atoms with Crippen molar-refractivity contribution in [3.63, 3.8) is 0 Å². The summed E-state index contributed by atoms with van der Waals surface area (Å²) in [5.74, 6) is 0.976. The number of fused-ring (bicyclic) bond motifs is 2. The SMILES string of the molecule is CCOC1CC(O)C12CCN(C(=O)C1CC3CCCC(C1)C3=O)CC2. The van der Waals surface area contributed by atoms with Crippen molar-refractivity contribution in [2.75, 3.05) is 19.7 Å². The summed E-state index contributed by atoms with van der Waals surface area (Å²) >= 11 is 0. The van der Waals surface area contributed by atoms with Crippen LogP contribution in [-0.4, -0.2) is 53.6 Å². The highest BCUT2D eigenvalue weighted by Gasteiger charge is 2.56. The maximum absolute atomic E-state index is 13.0. The van der Waals surface area contributed by atoms with Crippen molar-refractivity contribution in [1.82, 2.24) is 4.90 Å². The summed E-state index contributed by atoms with van der Waals surface area (Å²) in [5, 5.41) is 10.3. The first kappa shape index (κ1) is 17.5. The highest BCUT2D eigenvalue weighted by molar-refractivity contribution is 5.88. The van der Waals surface area contributed by atoms with Gasteiger partial charge in [0, 0.05) is 49.3 Å². The lowest BCUT2D eigenvalue weighted by Gasteiger charge is -2.56. The van der Waals surface area contributed by atoms with E-state index in [-0.39, 0.29) is 41.3 Å². The van der Waals surface area contributed by atoms with Gasteiger partial charge in [-0.05, 0) is 45.4 Å². The van der Waals surface area contributed by atoms with Crippen molar-refractivity contribution in [2.45, 2.75) is 70.5 Å². The summed E-state index contributed by atoms with van der Waals surface area (Å²) in [6.07, 6.45) is 6.89. The predicted octanol–water partition coefficient (Wildman–Crippen LogP) is 2.16. The Balaban J connectivity index is 1.36. The number of ketones is 1. The first-order valence-electron chi connectivity index (χ1n) is 10.2. The van der Waals surface area contributed by atoms with Gasteiger partial charge in [-0.3, -0.25) is 9.59 Å². The molecule has 5 heteroatoms. The second-order valence-corrected chi connectivity index (χ2v) is 8.65. The van der Waals surface area contributed by atoms with Crippen LogP contribution in [0.1, 0.15) is 58.3 Å². The lowest BCUT2D eigenvalue weighted by Crippen LogP contribution is -2.63. The standard InChI is InChI=1S/C20H31NO4/c1-2-25-17-12-16(22)20(17)6-8-21(9-7-20)19(24)15-10-13-4-3-5-14(11-15)18(13)23/h13-17,22H,2-12H2,1H3. The van der Waals surface area contributed by atoms with Gasteiger partial charge in [-0.15, -0.1) is 0 Å². The number of ether oxygens (including phenoxy) is 1. The Morgan fingerprint density at radius 1 is 1.20 bits per heavy atom. The zero-order chi connectivity index (χ0) is 17.6. The number of aliphatic hydroxyl groups excluding tert-OH is 1. The molecule has 0 aromatic carbocycles. The number of piperidine rings is 1. The van der Waals surface area contributed by atoms with Gasteiger partial charge < -0.3 is 14.7 Å². The van der Waals surface area contributed by atoms with Crippen molar-refractivity contribution >= 4 is 11.7 Å². The van der Waals surface area contributed by atoms with Crippen LogP contribution in [0.5, 0.6) is 0 Å². The molecule has 4 rings (SSSR count). The number of likely N-dealkylation sites (tertiary alicyclic amines) is 1. The third-order valence-electron chi connectivity index (χ3n) is 7.51. The second-order valence-electron chi connectivity index (χ2n) is 8.65. The smallest absolute Gasteiger partial charge is 0.225 e. The molecule has 0 aromatic rings. The van der Waals surface area contributed by atoms with Gasteiger partial charge >= 0.3 is 0 Å². The number of hydrogen-bond donors (Lipinski definition) is 1. The van der Waals surface area contributed by atoms with E-state index in [0.29, 0.717) is 12.4 Å². The number of nitrogens with zero attached hydrogens (tertiary/aromatic N) is 1. The van der Waals surface area contributed by atoms with Crippen LogP contribution in [0.15, 0.2) is 0 Å². The third-order valence-corrected chi connectivity index (χ3v) is 7.51. The quantitative estimate of drug-likeness (QED) is 0.848. The lowest BCUT2D eigenvalue weighted by molar-refractivity contribution is -0.210. The number of carbonyl (C=O) groups is 2. The molecule has 5 nitrogen and oxygen atoms in total. The minimum absolute atomic E-state index is 0.0380. The Morgan fingerprint density at radius 3 is 2.40 bits per heavy atom. The molecule has 1 aliphatic heterocycles. The zero-order valence-corrected chi connectivity index (χ0v) is 15.3. The molecule has 0 radical (unpaired) electrons. The summed E-state index contributed by atoms with van der Waals surface area (Å²) < 4.78 is 5.81. The van der Waals surface area contributed by atoms with E-state index in [1.807, 2.05) is 11.8 Å². The predicted molar refractivity (Wildman–Crippen MR) is 92.8 cm³/mol. The van der Waals surface area contributed by atoms with Crippen molar-refractivity contribution in [2.24, 2.45) is 23.2 Å². The number of rotatable bonds is 3. The van der Waals surface area contributed by atoms with E-state index in [1.165, 1.54) is 0 Å². The van der Waals surface area contributed by atoms with Crippen molar-refractivity contribution in [1.29, 1.82) is 0 Å². The number of aliphatic hydroxyl groups is 1. The zero-order valence-electron chi connectivity index (χ0n) is 15.3. The van der Waals surface area contributed by atoms with Gasteiger partial charge in [0.05, 0.1) is 12.2 Å². The van der Waals surface area contributed by atoms with Crippen LogP contribution < -0.4 is 0 Å². The molecule has 1 N–H and O–H groups in total. The Labute approximate surface area is 150 Å². The number of amides is 1. The largest absolute Gasteiger partial charge is 0.392 e. The highest BCUT2D eigenvalue weighted by Crippen LogP contribution is 2.51. The molecule has 4 fully saturated rings. The van der Waals surface area contributed by atoms with Gasteiger partial charge in [0.1, 0.15) is 5.78 Å². The van der Waals surface area contributed by atoms with E-state index in [4.69, 9.17) is 4.74 Å². The minimum atomic E-state index is -0.284. The summed E-state index contributed by atoms with van der Waals surface area (Å²) in [4.78, 5) is 27.3. The minimum Gasteiger partial charge on any atom is -0.392 e. The summed E-state index contributed by atoms with van der Waals surface area (Å²) in [6.45, 7) is 4.12. The van der Waals surface area contributed by atoms with Crippen molar-refractivity contribution in [3.8, 4) is 0 Å². The van der Waals surface area contributed by atoms with E-state index >= 15 is 0 Å². The normalized spacial score (nSPS) is 40.0. The lowest BCUT2D eigenvalue weighted by atomic mass is 9.58. The van der Waals surface area contributed by atoms with Crippen molar-refractivity contribution in [3.05, 3.63) is 0 Å². The Bertz CT molecular complexity index is 522. The molecule has 3 aliphatic carbocycles. The topological polar surface area (TPSA) is 66.8 Å². The van der Waals surface area contributed by atoms with Crippen LogP contribution in [0.25, 0.3) is 0 Å². The molecule has 0 aromatic heterocycles. The van der Waals surface area contributed by atoms with Crippen LogP contribution in [0.4, 0.5) is 0 Å². The molecule has 4 unspecified atom stereocenters. The van der Waals surface area contributed by atoms with Crippen LogP contribution >= 0.6 is 0 Å². The molecule has 1 amide bonds. The number of hydrogen-bond acceptors (Lipinski definition) is 4. The molecule has 4 atom stereocenters. The Hall–Kier alpha value is -0.940. The second kappa shape index (κ2) is 6.66. The maximum Gasteiger partial charge on any atom is 0.225 e. The average molecular weight is 349 g/mol. The highest BCUT2D eigenvalue weighted by atomic mass is 16.5. The molecule has 3 saturated carbocycles. The molecule has 2 bridgehead atoms. The Morgan fingerprint density at radius 2 is 1.84 bits per heavy atom. The molecular weight excluding hydrogens is 318 g/mol. The van der Waals surface area contributed by atoms with Crippen LogP contribution in [0.2, 0.25) is 0 Å². The first-order valence-corrected chi connectivity index (χ1v) is 10.2. The van der Waals surface area contributed by atoms with E-state index in [9.17, 15) is 14.7 Å². The Kier molecular flexibility index (Phi) is 4.65. The van der Waals surface area contributed by atoms with Crippen LogP contribution in [0.3, 0.4) is 0 Å². The summed E-state index contributed by atoms with van der Waals surface area (Å²) in [6, 6.07) is 0. The molecular formula is C20H31NO4. The van der Waals surface area contributed by atoms with E-state index < -0.39 is 0 Å². The number of Topliss-reactive ketones (excluding diaryl/α,β-unsaturated/α-hetero) is 1. The van der Waals surface area contributed by atoms with Crippen molar-refractivity contribution < 1.29 is 19.4 Å². The van der Waals surface area contributed by atoms with E-state index in [0.717, 1.165) is 64.5 Å². The molecule has 140 valence electrons. The monoisotopic (exact) mass is 349 g/mol. The molecule has 4 aliphatic rings. The van der Waals surface area contributed by atoms with Gasteiger partial charge in [0.25, 0.3) is 0 Å². The molecule has 1 saturated heterocycles. The molecule has 25 heavy (non-hydrogen) atoms. The van der Waals surface area contributed by atoms with E-state index in [1.54, 1.807) is 0 Å². The van der Waals surface area contributed by atoms with E-state index in [2.05, 4.69) is 0 Å². The van der Waals surface area contributed by atoms with Crippen LogP contribution in [-0.2, 0) is 14.3 Å². The maximum atomic E-state index is 13.0. The first-order chi connectivity index (χ1) is 12.0. The fraction of sp³-hybridized carbons (Fsp3) is 0.900. The fourth-order valence-electron chi connectivity index (χ4n) is 5.90. The molecule has 1 heterocycles. The van der Waals surface area contributed by atoms with Gasteiger partial charge in [-0.1, -0.05) is 6.42 Å². The van der Waals surface area contributed by atoms with Gasteiger partial charge in [-0.2, -0.15) is 0 Å². The molecule has 1 spiro atoms. The third kappa shape index (κ3) is 2.84. The van der Waals surface area contributed by atoms with Gasteiger partial charge in [0.2, 0.25) is 5.91 Å². The fourth-order valence-corrected chi connectivity index (χ4v) is 5.90. The average Bonchev–Trinajstić information content (AvgIpc) is 2.61. The summed E-state index contributed by atoms with van der Waals surface area (Å²) in [7, 11) is 0.